The van der Waals surface area contributed by atoms with E-state index in [0.29, 0.717) is 13.1 Å². The number of carbonyl (C=O) groups is 1. The van der Waals surface area contributed by atoms with Gasteiger partial charge in [0.05, 0.1) is 12.5 Å². The molecule has 120 valence electrons. The van der Waals surface area contributed by atoms with E-state index in [-0.39, 0.29) is 18.4 Å². The van der Waals surface area contributed by atoms with Gasteiger partial charge in [0, 0.05) is 19.6 Å². The molecule has 2 rings (SSSR count). The number of hydrogen-bond acceptors (Lipinski definition) is 3. The summed E-state index contributed by atoms with van der Waals surface area (Å²) in [7, 11) is 2.06. The molecule has 1 aliphatic rings. The van der Waals surface area contributed by atoms with E-state index in [0.717, 1.165) is 31.5 Å². The van der Waals surface area contributed by atoms with Gasteiger partial charge in [-0.1, -0.05) is 42.5 Å². The van der Waals surface area contributed by atoms with Crippen LogP contribution in [-0.4, -0.2) is 60.6 Å². The van der Waals surface area contributed by atoms with E-state index in [4.69, 9.17) is 0 Å². The third-order valence-corrected chi connectivity index (χ3v) is 4.09. The summed E-state index contributed by atoms with van der Waals surface area (Å²) in [5.41, 5.74) is 1.12. The molecule has 1 amide bonds. The molecule has 4 heteroatoms. The van der Waals surface area contributed by atoms with Crippen LogP contribution >= 0.6 is 0 Å². The van der Waals surface area contributed by atoms with Crippen molar-refractivity contribution in [1.82, 2.24) is 9.80 Å². The summed E-state index contributed by atoms with van der Waals surface area (Å²) >= 11 is 0. The molecule has 1 heterocycles. The minimum absolute atomic E-state index is 0.00742. The topological polar surface area (TPSA) is 43.8 Å². The van der Waals surface area contributed by atoms with Crippen LogP contribution < -0.4 is 0 Å². The van der Waals surface area contributed by atoms with Gasteiger partial charge in [-0.25, -0.2) is 0 Å². The van der Waals surface area contributed by atoms with Gasteiger partial charge in [-0.3, -0.25) is 4.79 Å². The first-order chi connectivity index (χ1) is 10.7. The zero-order chi connectivity index (χ0) is 15.8. The van der Waals surface area contributed by atoms with Crippen molar-refractivity contribution in [2.24, 2.45) is 5.92 Å². The third-order valence-electron chi connectivity index (χ3n) is 4.09. The lowest BCUT2D eigenvalue weighted by Crippen LogP contribution is -2.44. The molecule has 1 fully saturated rings. The maximum absolute atomic E-state index is 12.6. The molecular formula is C18H26N2O2. The Morgan fingerprint density at radius 2 is 2.18 bits per heavy atom. The number of aliphatic hydroxyl groups is 1. The molecule has 1 aromatic rings. The maximum atomic E-state index is 12.6. The molecule has 1 atom stereocenters. The average molecular weight is 302 g/mol. The standard InChI is InChI=1S/C18H26N2O2/c1-19-11-6-10-17(15-19)18(22)20(13-14-21)12-5-9-16-7-3-2-4-8-16/h2-5,7-9,17,21H,6,10-15H2,1H3/b9-5+. The average Bonchev–Trinajstić information content (AvgIpc) is 2.54. The van der Waals surface area contributed by atoms with Gasteiger partial charge in [0.1, 0.15) is 0 Å². The Morgan fingerprint density at radius 1 is 1.41 bits per heavy atom. The third kappa shape index (κ3) is 4.97. The summed E-state index contributed by atoms with van der Waals surface area (Å²) in [6.07, 6.45) is 6.04. The van der Waals surface area contributed by atoms with E-state index in [1.54, 1.807) is 4.90 Å². The van der Waals surface area contributed by atoms with E-state index in [9.17, 15) is 9.90 Å². The highest BCUT2D eigenvalue weighted by molar-refractivity contribution is 5.79. The summed E-state index contributed by atoms with van der Waals surface area (Å²) in [5.74, 6) is 0.230. The van der Waals surface area contributed by atoms with Crippen molar-refractivity contribution < 1.29 is 9.90 Å². The van der Waals surface area contributed by atoms with Crippen molar-refractivity contribution in [3.05, 3.63) is 42.0 Å². The van der Waals surface area contributed by atoms with E-state index in [1.165, 1.54) is 0 Å². The predicted molar refractivity (Wildman–Crippen MR) is 89.4 cm³/mol. The van der Waals surface area contributed by atoms with E-state index in [2.05, 4.69) is 11.9 Å². The summed E-state index contributed by atoms with van der Waals surface area (Å²) in [6.45, 7) is 2.85. The zero-order valence-electron chi connectivity index (χ0n) is 13.3. The first-order valence-corrected chi connectivity index (χ1v) is 8.00. The summed E-state index contributed by atoms with van der Waals surface area (Å²) in [5, 5.41) is 9.22. The monoisotopic (exact) mass is 302 g/mol. The van der Waals surface area contributed by atoms with Crippen LogP contribution in [0.3, 0.4) is 0 Å². The fourth-order valence-corrected chi connectivity index (χ4v) is 2.92. The van der Waals surface area contributed by atoms with Gasteiger partial charge in [-0.2, -0.15) is 0 Å². The lowest BCUT2D eigenvalue weighted by atomic mass is 9.97. The molecule has 1 unspecified atom stereocenters. The number of piperidine rings is 1. The van der Waals surface area contributed by atoms with Gasteiger partial charge >= 0.3 is 0 Å². The Hall–Kier alpha value is -1.65. The predicted octanol–water partition coefficient (Wildman–Crippen LogP) is 1.86. The highest BCUT2D eigenvalue weighted by Gasteiger charge is 2.27. The van der Waals surface area contributed by atoms with Gasteiger partial charge in [0.25, 0.3) is 0 Å². The Bertz CT molecular complexity index is 487. The van der Waals surface area contributed by atoms with Crippen LogP contribution in [0, 0.1) is 5.92 Å². The summed E-state index contributed by atoms with van der Waals surface area (Å²) in [4.78, 5) is 16.6. The Balaban J connectivity index is 1.93. The summed E-state index contributed by atoms with van der Waals surface area (Å²) < 4.78 is 0. The molecule has 0 bridgehead atoms. The highest BCUT2D eigenvalue weighted by atomic mass is 16.3. The normalized spacial score (nSPS) is 19.5. The lowest BCUT2D eigenvalue weighted by molar-refractivity contribution is -0.137. The zero-order valence-corrected chi connectivity index (χ0v) is 13.3. The second-order valence-corrected chi connectivity index (χ2v) is 5.92. The van der Waals surface area contributed by atoms with Crippen LogP contribution in [0.25, 0.3) is 6.08 Å². The Kier molecular flexibility index (Phi) is 6.62. The Labute approximate surface area is 133 Å². The van der Waals surface area contributed by atoms with E-state index >= 15 is 0 Å². The van der Waals surface area contributed by atoms with E-state index in [1.807, 2.05) is 42.5 Å². The second kappa shape index (κ2) is 8.71. The lowest BCUT2D eigenvalue weighted by Gasteiger charge is -2.32. The van der Waals surface area contributed by atoms with Crippen LogP contribution in [0.1, 0.15) is 18.4 Å². The van der Waals surface area contributed by atoms with Crippen molar-refractivity contribution in [2.45, 2.75) is 12.8 Å². The largest absolute Gasteiger partial charge is 0.395 e. The number of carbonyl (C=O) groups excluding carboxylic acids is 1. The SMILES string of the molecule is CN1CCCC(C(=O)N(C/C=C/c2ccccc2)CCO)C1. The number of aliphatic hydroxyl groups excluding tert-OH is 1. The van der Waals surface area contributed by atoms with Crippen LogP contribution in [0.15, 0.2) is 36.4 Å². The first kappa shape index (κ1) is 16.7. The molecule has 0 radical (unpaired) electrons. The Morgan fingerprint density at radius 3 is 2.86 bits per heavy atom. The molecule has 0 saturated carbocycles. The van der Waals surface area contributed by atoms with Gasteiger partial charge in [0.15, 0.2) is 0 Å². The molecular weight excluding hydrogens is 276 g/mol. The second-order valence-electron chi connectivity index (χ2n) is 5.92. The van der Waals surface area contributed by atoms with Crippen LogP contribution in [0.4, 0.5) is 0 Å². The number of likely N-dealkylation sites (tertiary alicyclic amines) is 1. The van der Waals surface area contributed by atoms with Crippen LogP contribution in [-0.2, 0) is 4.79 Å². The number of hydrogen-bond donors (Lipinski definition) is 1. The molecule has 1 aliphatic heterocycles. The van der Waals surface area contributed by atoms with Crippen molar-refractivity contribution in [3.63, 3.8) is 0 Å². The molecule has 1 N–H and O–H groups in total. The van der Waals surface area contributed by atoms with Gasteiger partial charge in [0.2, 0.25) is 5.91 Å². The van der Waals surface area contributed by atoms with Crippen molar-refractivity contribution >= 4 is 12.0 Å². The summed E-state index contributed by atoms with van der Waals surface area (Å²) in [6, 6.07) is 10.0. The molecule has 4 nitrogen and oxygen atoms in total. The molecule has 0 aromatic heterocycles. The minimum atomic E-state index is 0.00742. The quantitative estimate of drug-likeness (QED) is 0.872. The molecule has 1 saturated heterocycles. The van der Waals surface area contributed by atoms with Crippen molar-refractivity contribution in [2.75, 3.05) is 39.8 Å². The van der Waals surface area contributed by atoms with Crippen molar-refractivity contribution in [3.8, 4) is 0 Å². The number of amides is 1. The molecule has 1 aromatic carbocycles. The minimum Gasteiger partial charge on any atom is -0.395 e. The maximum Gasteiger partial charge on any atom is 0.227 e. The molecule has 0 aliphatic carbocycles. The fraction of sp³-hybridized carbons (Fsp3) is 0.500. The van der Waals surface area contributed by atoms with Gasteiger partial charge < -0.3 is 14.9 Å². The highest BCUT2D eigenvalue weighted by Crippen LogP contribution is 2.17. The van der Waals surface area contributed by atoms with Crippen LogP contribution in [0.5, 0.6) is 0 Å². The van der Waals surface area contributed by atoms with Gasteiger partial charge in [-0.15, -0.1) is 0 Å². The fourth-order valence-electron chi connectivity index (χ4n) is 2.92. The molecule has 22 heavy (non-hydrogen) atoms. The first-order valence-electron chi connectivity index (χ1n) is 8.00. The number of nitrogens with zero attached hydrogens (tertiary/aromatic N) is 2. The number of benzene rings is 1. The molecule has 0 spiro atoms. The van der Waals surface area contributed by atoms with Gasteiger partial charge in [-0.05, 0) is 32.0 Å². The number of rotatable bonds is 6. The van der Waals surface area contributed by atoms with Crippen LogP contribution in [0.2, 0.25) is 0 Å². The smallest absolute Gasteiger partial charge is 0.227 e. The van der Waals surface area contributed by atoms with Crippen molar-refractivity contribution in [1.29, 1.82) is 0 Å². The van der Waals surface area contributed by atoms with E-state index < -0.39 is 0 Å².